The fourth-order valence-electron chi connectivity index (χ4n) is 1.17. The summed E-state index contributed by atoms with van der Waals surface area (Å²) in [5.74, 6) is -0.642. The summed E-state index contributed by atoms with van der Waals surface area (Å²) < 4.78 is 22.3. The van der Waals surface area contributed by atoms with Crippen LogP contribution < -0.4 is 0 Å². The van der Waals surface area contributed by atoms with Gasteiger partial charge >= 0.3 is 0 Å². The molecule has 0 spiro atoms. The van der Waals surface area contributed by atoms with Crippen LogP contribution in [0.1, 0.15) is 13.8 Å². The van der Waals surface area contributed by atoms with Crippen LogP contribution in [0.5, 0.6) is 0 Å². The first-order chi connectivity index (χ1) is 5.80. The molecule has 1 aliphatic heterocycles. The Balaban J connectivity index is 3.18. The third-order valence-electron chi connectivity index (χ3n) is 1.71. The molecule has 1 aliphatic rings. The second-order valence-electron chi connectivity index (χ2n) is 3.03. The van der Waals surface area contributed by atoms with Crippen molar-refractivity contribution in [3.05, 3.63) is 0 Å². The molecule has 2 unspecified atom stereocenters. The van der Waals surface area contributed by atoms with E-state index < -0.39 is 32.1 Å². The monoisotopic (exact) mass is 245 g/mol. The van der Waals surface area contributed by atoms with E-state index in [2.05, 4.69) is 0 Å². The first-order valence-corrected chi connectivity index (χ1v) is 6.03. The van der Waals surface area contributed by atoms with Gasteiger partial charge in [-0.1, -0.05) is 0 Å². The summed E-state index contributed by atoms with van der Waals surface area (Å²) >= 11 is 11.0. The lowest BCUT2D eigenvalue weighted by Crippen LogP contribution is -2.37. The molecule has 0 N–H and O–H groups in total. The highest BCUT2D eigenvalue weighted by molar-refractivity contribution is 7.92. The van der Waals surface area contributed by atoms with Crippen molar-refractivity contribution in [2.45, 2.75) is 30.0 Å². The first kappa shape index (κ1) is 11.1. The lowest BCUT2D eigenvalue weighted by molar-refractivity contribution is -0.125. The zero-order valence-corrected chi connectivity index (χ0v) is 9.40. The molecule has 0 aliphatic carbocycles. The Hall–Kier alpha value is -0.000000000000000111. The fraction of sp³-hybridized carbons (Fsp3) is 0.833. The van der Waals surface area contributed by atoms with Gasteiger partial charge in [-0.25, -0.2) is 12.7 Å². The molecule has 1 heterocycles. The van der Waals surface area contributed by atoms with Gasteiger partial charge in [-0.2, -0.15) is 0 Å². The smallest absolute Gasteiger partial charge is 0.257 e. The molecule has 76 valence electrons. The molecule has 7 heteroatoms. The van der Waals surface area contributed by atoms with Crippen molar-refractivity contribution in [3.8, 4) is 0 Å². The lowest BCUT2D eigenvalue weighted by Gasteiger charge is -2.18. The Kier molecular flexibility index (Phi) is 2.81. The van der Waals surface area contributed by atoms with Gasteiger partial charge in [0.05, 0.1) is 0 Å². The Morgan fingerprint density at radius 1 is 1.38 bits per heavy atom. The molecule has 1 amide bonds. The molecule has 1 rings (SSSR count). The first-order valence-electron chi connectivity index (χ1n) is 3.65. The molecule has 0 radical (unpaired) electrons. The quantitative estimate of drug-likeness (QED) is 0.641. The number of alkyl halides is 2. The highest BCUT2D eigenvalue weighted by Crippen LogP contribution is 2.31. The molecule has 0 aromatic rings. The van der Waals surface area contributed by atoms with E-state index in [9.17, 15) is 13.2 Å². The molecule has 2 atom stereocenters. The minimum absolute atomic E-state index is 0.442. The fourth-order valence-corrected chi connectivity index (χ4v) is 3.67. The van der Waals surface area contributed by atoms with Crippen molar-refractivity contribution in [2.24, 2.45) is 0 Å². The number of hydrogen-bond donors (Lipinski definition) is 0. The molecule has 4 nitrogen and oxygen atoms in total. The van der Waals surface area contributed by atoms with Gasteiger partial charge in [0.15, 0.2) is 4.71 Å². The molecule has 0 saturated carbocycles. The van der Waals surface area contributed by atoms with Gasteiger partial charge in [0, 0.05) is 6.04 Å². The average Bonchev–Trinajstić information content (AvgIpc) is 2.12. The third kappa shape index (κ3) is 1.53. The number of halogens is 2. The summed E-state index contributed by atoms with van der Waals surface area (Å²) in [5.41, 5.74) is 0. The van der Waals surface area contributed by atoms with Crippen molar-refractivity contribution in [1.29, 1.82) is 0 Å². The number of carbonyl (C=O) groups is 1. The highest BCUT2D eigenvalue weighted by Gasteiger charge is 2.51. The number of hydrogen-bond acceptors (Lipinski definition) is 3. The predicted molar refractivity (Wildman–Crippen MR) is 50.2 cm³/mol. The number of amides is 1. The van der Waals surface area contributed by atoms with Crippen LogP contribution in [0.3, 0.4) is 0 Å². The molecule has 1 fully saturated rings. The van der Waals surface area contributed by atoms with Crippen LogP contribution in [0.15, 0.2) is 0 Å². The van der Waals surface area contributed by atoms with Crippen molar-refractivity contribution in [2.75, 3.05) is 0 Å². The van der Waals surface area contributed by atoms with Crippen LogP contribution in [0, 0.1) is 0 Å². The van der Waals surface area contributed by atoms with Crippen LogP contribution in [-0.4, -0.2) is 34.8 Å². The van der Waals surface area contributed by atoms with Gasteiger partial charge in [-0.3, -0.25) is 4.79 Å². The highest BCUT2D eigenvalue weighted by atomic mass is 35.5. The Labute approximate surface area is 86.8 Å². The molecule has 1 saturated heterocycles. The van der Waals surface area contributed by atoms with Crippen LogP contribution >= 0.6 is 23.2 Å². The number of carbonyl (C=O) groups excluding carboxylic acids is 1. The zero-order valence-electron chi connectivity index (χ0n) is 7.07. The van der Waals surface area contributed by atoms with Gasteiger partial charge in [0.2, 0.25) is 0 Å². The van der Waals surface area contributed by atoms with Gasteiger partial charge in [0.1, 0.15) is 5.38 Å². The van der Waals surface area contributed by atoms with E-state index in [4.69, 9.17) is 23.2 Å². The standard InChI is InChI=1S/C6H9Cl2NO3S/c1-3(2)9-6(10)4(7)5(8)13(9,11)12/h3-5H,1-2H3. The van der Waals surface area contributed by atoms with Crippen molar-refractivity contribution < 1.29 is 13.2 Å². The third-order valence-corrected chi connectivity index (χ3v) is 5.35. The summed E-state index contributed by atoms with van der Waals surface area (Å²) in [6.07, 6.45) is 0. The Morgan fingerprint density at radius 3 is 2.00 bits per heavy atom. The minimum atomic E-state index is -3.75. The normalized spacial score (nSPS) is 33.0. The number of nitrogens with zero attached hydrogens (tertiary/aromatic N) is 1. The van der Waals surface area contributed by atoms with E-state index in [0.717, 1.165) is 4.31 Å². The van der Waals surface area contributed by atoms with E-state index >= 15 is 0 Å². The lowest BCUT2D eigenvalue weighted by atomic mass is 10.3. The van der Waals surface area contributed by atoms with Crippen LogP contribution in [0.2, 0.25) is 0 Å². The number of rotatable bonds is 1. The van der Waals surface area contributed by atoms with Crippen molar-refractivity contribution in [3.63, 3.8) is 0 Å². The summed E-state index contributed by atoms with van der Waals surface area (Å²) in [6, 6.07) is -0.442. The van der Waals surface area contributed by atoms with E-state index in [1.165, 1.54) is 0 Å². The van der Waals surface area contributed by atoms with Crippen LogP contribution in [0.4, 0.5) is 0 Å². The summed E-state index contributed by atoms with van der Waals surface area (Å²) in [5, 5.41) is -1.17. The van der Waals surface area contributed by atoms with Gasteiger partial charge in [-0.05, 0) is 13.8 Å². The molecule has 0 aromatic heterocycles. The van der Waals surface area contributed by atoms with Gasteiger partial charge in [0.25, 0.3) is 15.9 Å². The largest absolute Gasteiger partial charge is 0.272 e. The van der Waals surface area contributed by atoms with Crippen molar-refractivity contribution in [1.82, 2.24) is 4.31 Å². The minimum Gasteiger partial charge on any atom is -0.272 e. The van der Waals surface area contributed by atoms with E-state index in [0.29, 0.717) is 0 Å². The maximum Gasteiger partial charge on any atom is 0.257 e. The van der Waals surface area contributed by atoms with Crippen molar-refractivity contribution >= 4 is 39.1 Å². The van der Waals surface area contributed by atoms with Crippen LogP contribution in [0.25, 0.3) is 0 Å². The van der Waals surface area contributed by atoms with E-state index in [-0.39, 0.29) is 0 Å². The summed E-state index contributed by atoms with van der Waals surface area (Å²) in [4.78, 5) is 11.3. The molecule has 0 bridgehead atoms. The van der Waals surface area contributed by atoms with Gasteiger partial charge in [-0.15, -0.1) is 23.2 Å². The van der Waals surface area contributed by atoms with Crippen LogP contribution in [-0.2, 0) is 14.8 Å². The maximum absolute atomic E-state index is 11.4. The second-order valence-corrected chi connectivity index (χ2v) is 6.16. The maximum atomic E-state index is 11.4. The van der Waals surface area contributed by atoms with Gasteiger partial charge < -0.3 is 0 Å². The van der Waals surface area contributed by atoms with E-state index in [1.807, 2.05) is 0 Å². The summed E-state index contributed by atoms with van der Waals surface area (Å²) in [6.45, 7) is 3.18. The molecule has 13 heavy (non-hydrogen) atoms. The molecular formula is C6H9Cl2NO3S. The molecule has 0 aromatic carbocycles. The molecular weight excluding hydrogens is 237 g/mol. The average molecular weight is 246 g/mol. The predicted octanol–water partition coefficient (Wildman–Crippen LogP) is 0.739. The topological polar surface area (TPSA) is 54.5 Å². The number of sulfonamides is 1. The Bertz CT molecular complexity index is 327. The Morgan fingerprint density at radius 2 is 1.85 bits per heavy atom. The summed E-state index contributed by atoms with van der Waals surface area (Å²) in [7, 11) is -3.75. The zero-order chi connectivity index (χ0) is 10.4. The van der Waals surface area contributed by atoms with E-state index in [1.54, 1.807) is 13.8 Å². The SMILES string of the molecule is CC(C)N1C(=O)C(Cl)C(Cl)S1(=O)=O. The second kappa shape index (κ2) is 3.29.